The van der Waals surface area contributed by atoms with E-state index in [1.54, 1.807) is 12.3 Å². The SMILES string of the molecule is Cc1c(Cc2ccccc2)sc(N=Cc2c(O)ccc3ccccc23)c1C(N)=O. The fourth-order valence-electron chi connectivity index (χ4n) is 3.42. The lowest BCUT2D eigenvalue weighted by Gasteiger charge is -2.04. The van der Waals surface area contributed by atoms with Crippen LogP contribution in [0, 0.1) is 6.92 Å². The highest BCUT2D eigenvalue weighted by Crippen LogP contribution is 2.37. The largest absolute Gasteiger partial charge is 0.507 e. The van der Waals surface area contributed by atoms with E-state index in [-0.39, 0.29) is 5.75 Å². The Labute approximate surface area is 173 Å². The van der Waals surface area contributed by atoms with Crippen molar-refractivity contribution in [3.63, 3.8) is 0 Å². The number of fused-ring (bicyclic) bond motifs is 1. The van der Waals surface area contributed by atoms with Gasteiger partial charge in [0.15, 0.2) is 0 Å². The minimum Gasteiger partial charge on any atom is -0.507 e. The molecule has 0 saturated heterocycles. The zero-order valence-electron chi connectivity index (χ0n) is 15.9. The van der Waals surface area contributed by atoms with Crippen molar-refractivity contribution >= 4 is 39.2 Å². The normalized spacial score (nSPS) is 11.3. The third-order valence-electron chi connectivity index (χ3n) is 4.94. The predicted octanol–water partition coefficient (Wildman–Crippen LogP) is 5.36. The Morgan fingerprint density at radius 3 is 2.55 bits per heavy atom. The Balaban J connectivity index is 1.77. The Kier molecular flexibility index (Phi) is 5.14. The van der Waals surface area contributed by atoms with E-state index in [1.807, 2.05) is 55.5 Å². The number of rotatable bonds is 5. The molecule has 29 heavy (non-hydrogen) atoms. The summed E-state index contributed by atoms with van der Waals surface area (Å²) in [5.74, 6) is -0.349. The summed E-state index contributed by atoms with van der Waals surface area (Å²) in [6.45, 7) is 1.91. The van der Waals surface area contributed by atoms with Gasteiger partial charge in [0.1, 0.15) is 10.8 Å². The first-order chi connectivity index (χ1) is 14.0. The molecule has 0 radical (unpaired) electrons. The summed E-state index contributed by atoms with van der Waals surface area (Å²) in [6.07, 6.45) is 2.33. The van der Waals surface area contributed by atoms with Crippen LogP contribution in [0.5, 0.6) is 5.75 Å². The summed E-state index contributed by atoms with van der Waals surface area (Å²) < 4.78 is 0. The molecule has 1 aromatic heterocycles. The van der Waals surface area contributed by atoms with E-state index in [2.05, 4.69) is 17.1 Å². The summed E-state index contributed by atoms with van der Waals surface area (Å²) in [5, 5.41) is 12.8. The molecule has 0 aliphatic heterocycles. The average molecular weight is 401 g/mol. The molecular formula is C24H20N2O2S. The van der Waals surface area contributed by atoms with Crippen LogP contribution in [0.4, 0.5) is 5.00 Å². The van der Waals surface area contributed by atoms with Crippen molar-refractivity contribution in [2.75, 3.05) is 0 Å². The Morgan fingerprint density at radius 1 is 1.07 bits per heavy atom. The predicted molar refractivity (Wildman–Crippen MR) is 120 cm³/mol. The number of carbonyl (C=O) groups excluding carboxylic acids is 1. The minimum atomic E-state index is -0.493. The van der Waals surface area contributed by atoms with E-state index < -0.39 is 5.91 Å². The number of aliphatic imine (C=N–C) groups is 1. The number of hydrogen-bond donors (Lipinski definition) is 2. The monoisotopic (exact) mass is 400 g/mol. The van der Waals surface area contributed by atoms with Gasteiger partial charge in [-0.25, -0.2) is 4.99 Å². The Bertz CT molecular complexity index is 1230. The molecule has 144 valence electrons. The number of benzene rings is 3. The number of nitrogens with zero attached hydrogens (tertiary/aromatic N) is 1. The molecule has 0 atom stereocenters. The summed E-state index contributed by atoms with van der Waals surface area (Å²) in [6, 6.07) is 21.4. The lowest BCUT2D eigenvalue weighted by molar-refractivity contribution is 0.100. The quantitative estimate of drug-likeness (QED) is 0.443. The van der Waals surface area contributed by atoms with Crippen LogP contribution in [0.1, 0.15) is 31.9 Å². The molecule has 4 rings (SSSR count). The average Bonchev–Trinajstić information content (AvgIpc) is 3.03. The second-order valence-electron chi connectivity index (χ2n) is 6.83. The molecule has 4 aromatic rings. The molecule has 0 bridgehead atoms. The molecule has 0 spiro atoms. The molecule has 1 amide bonds. The van der Waals surface area contributed by atoms with E-state index in [0.29, 0.717) is 22.5 Å². The third kappa shape index (κ3) is 3.77. The number of amides is 1. The van der Waals surface area contributed by atoms with Crippen molar-refractivity contribution in [2.24, 2.45) is 10.7 Å². The lowest BCUT2D eigenvalue weighted by atomic mass is 10.0. The molecule has 3 N–H and O–H groups in total. The fraction of sp³-hybridized carbons (Fsp3) is 0.0833. The molecule has 0 saturated carbocycles. The Hall–Kier alpha value is -3.44. The molecule has 0 unspecified atom stereocenters. The molecule has 0 aliphatic rings. The third-order valence-corrected chi connectivity index (χ3v) is 6.14. The summed E-state index contributed by atoms with van der Waals surface area (Å²) >= 11 is 1.46. The number of nitrogens with two attached hydrogens (primary N) is 1. The maximum atomic E-state index is 12.1. The second kappa shape index (κ2) is 7.89. The van der Waals surface area contributed by atoms with Crippen molar-refractivity contribution in [2.45, 2.75) is 13.3 Å². The fourth-order valence-corrected chi connectivity index (χ4v) is 4.61. The van der Waals surface area contributed by atoms with Crippen LogP contribution in [0.15, 0.2) is 71.7 Å². The zero-order valence-corrected chi connectivity index (χ0v) is 16.7. The maximum absolute atomic E-state index is 12.1. The first kappa shape index (κ1) is 18.9. The molecule has 3 aromatic carbocycles. The Morgan fingerprint density at radius 2 is 1.79 bits per heavy atom. The van der Waals surface area contributed by atoms with Gasteiger partial charge in [0.2, 0.25) is 0 Å². The molecular weight excluding hydrogens is 380 g/mol. The van der Waals surface area contributed by atoms with Gasteiger partial charge in [0, 0.05) is 23.1 Å². The van der Waals surface area contributed by atoms with Crippen LogP contribution in [0.2, 0.25) is 0 Å². The summed E-state index contributed by atoms with van der Waals surface area (Å²) in [7, 11) is 0. The molecule has 1 heterocycles. The van der Waals surface area contributed by atoms with Crippen LogP contribution >= 0.6 is 11.3 Å². The lowest BCUT2D eigenvalue weighted by Crippen LogP contribution is -2.11. The van der Waals surface area contributed by atoms with Gasteiger partial charge < -0.3 is 10.8 Å². The van der Waals surface area contributed by atoms with Gasteiger partial charge >= 0.3 is 0 Å². The first-order valence-electron chi connectivity index (χ1n) is 9.25. The first-order valence-corrected chi connectivity index (χ1v) is 10.1. The maximum Gasteiger partial charge on any atom is 0.252 e. The van der Waals surface area contributed by atoms with Gasteiger partial charge in [-0.1, -0.05) is 60.7 Å². The van der Waals surface area contributed by atoms with Crippen LogP contribution in [-0.2, 0) is 6.42 Å². The van der Waals surface area contributed by atoms with Crippen molar-refractivity contribution in [3.8, 4) is 5.75 Å². The minimum absolute atomic E-state index is 0.144. The molecule has 0 fully saturated rings. The van der Waals surface area contributed by atoms with E-state index >= 15 is 0 Å². The molecule has 5 heteroatoms. The van der Waals surface area contributed by atoms with Crippen LogP contribution < -0.4 is 5.73 Å². The highest BCUT2D eigenvalue weighted by atomic mass is 32.1. The van der Waals surface area contributed by atoms with E-state index in [0.717, 1.165) is 26.8 Å². The van der Waals surface area contributed by atoms with Gasteiger partial charge in [0.25, 0.3) is 5.91 Å². The number of primary amides is 1. The van der Waals surface area contributed by atoms with E-state index in [1.165, 1.54) is 11.3 Å². The molecule has 0 aliphatic carbocycles. The molecule has 4 nitrogen and oxygen atoms in total. The number of hydrogen-bond acceptors (Lipinski definition) is 4. The number of carbonyl (C=O) groups is 1. The number of aromatic hydroxyl groups is 1. The summed E-state index contributed by atoms with van der Waals surface area (Å²) in [5.41, 5.74) is 8.74. The standard InChI is InChI=1S/C24H20N2O2S/c1-15-21(13-16-7-3-2-4-8-16)29-24(22(15)23(25)28)26-14-19-18-10-6-5-9-17(18)11-12-20(19)27/h2-12,14,27H,13H2,1H3,(H2,25,28). The van der Waals surface area contributed by atoms with Crippen LogP contribution in [-0.4, -0.2) is 17.2 Å². The van der Waals surface area contributed by atoms with Gasteiger partial charge in [-0.05, 0) is 34.9 Å². The van der Waals surface area contributed by atoms with E-state index in [4.69, 9.17) is 5.73 Å². The highest BCUT2D eigenvalue weighted by molar-refractivity contribution is 7.16. The highest BCUT2D eigenvalue weighted by Gasteiger charge is 2.19. The topological polar surface area (TPSA) is 75.7 Å². The van der Waals surface area contributed by atoms with E-state index in [9.17, 15) is 9.90 Å². The van der Waals surface area contributed by atoms with Gasteiger partial charge in [-0.3, -0.25) is 4.79 Å². The van der Waals surface area contributed by atoms with Crippen molar-refractivity contribution in [1.29, 1.82) is 0 Å². The van der Waals surface area contributed by atoms with Crippen molar-refractivity contribution in [3.05, 3.63) is 93.9 Å². The van der Waals surface area contributed by atoms with Gasteiger partial charge in [-0.2, -0.15) is 0 Å². The van der Waals surface area contributed by atoms with Crippen molar-refractivity contribution < 1.29 is 9.90 Å². The van der Waals surface area contributed by atoms with Gasteiger partial charge in [0.05, 0.1) is 5.56 Å². The van der Waals surface area contributed by atoms with Crippen LogP contribution in [0.3, 0.4) is 0 Å². The van der Waals surface area contributed by atoms with Crippen molar-refractivity contribution in [1.82, 2.24) is 0 Å². The number of phenols is 1. The number of phenolic OH excluding ortho intramolecular Hbond substituents is 1. The second-order valence-corrected chi connectivity index (χ2v) is 7.92. The smallest absolute Gasteiger partial charge is 0.252 e. The number of thiophene rings is 1. The van der Waals surface area contributed by atoms with Crippen LogP contribution in [0.25, 0.3) is 10.8 Å². The van der Waals surface area contributed by atoms with Gasteiger partial charge in [-0.15, -0.1) is 11.3 Å². The zero-order chi connectivity index (χ0) is 20.4. The summed E-state index contributed by atoms with van der Waals surface area (Å²) in [4.78, 5) is 17.7.